The minimum absolute atomic E-state index is 0.127. The van der Waals surface area contributed by atoms with Crippen molar-refractivity contribution >= 4 is 18.0 Å². The number of nitrogens with one attached hydrogen (secondary N) is 1. The molecule has 6 nitrogen and oxygen atoms in total. The molecule has 3 N–H and O–H groups in total. The van der Waals surface area contributed by atoms with Gasteiger partial charge >= 0.3 is 5.97 Å². The number of benzene rings is 2. The van der Waals surface area contributed by atoms with Crippen molar-refractivity contribution in [1.82, 2.24) is 5.32 Å². The topological polar surface area (TPSA) is 95.9 Å². The van der Waals surface area contributed by atoms with Crippen molar-refractivity contribution in [3.63, 3.8) is 0 Å². The Bertz CT molecular complexity index is 828. The number of ether oxygens (including phenoxy) is 1. The first-order chi connectivity index (χ1) is 13.9. The number of aryl methyl sites for hydroxylation is 1. The van der Waals surface area contributed by atoms with Gasteiger partial charge < -0.3 is 20.3 Å². The van der Waals surface area contributed by atoms with Crippen molar-refractivity contribution in [3.05, 3.63) is 65.2 Å². The van der Waals surface area contributed by atoms with Crippen LogP contribution in [0.3, 0.4) is 0 Å². The second-order valence-electron chi connectivity index (χ2n) is 6.06. The third kappa shape index (κ3) is 8.09. The number of phenolic OH excluding ortho intramolecular Hbond substituents is 2. The predicted octanol–water partition coefficient (Wildman–Crippen LogP) is 3.74. The second-order valence-corrected chi connectivity index (χ2v) is 6.06. The van der Waals surface area contributed by atoms with Crippen molar-refractivity contribution in [3.8, 4) is 11.5 Å². The molecule has 0 aliphatic rings. The maximum atomic E-state index is 12.2. The standard InChI is InChI=1S/C21H23NO5.C2H6/c1-3-27-21(26)18(13-16-4-8-17(23)9-5-16)22-20(25)11-7-15-6-10-19(24)14(2)12-15;1-2/h4-12,18,23-24H,3,13H2,1-2H3,(H,22,25);1-2H3/b11-7+;. The SMILES string of the molecule is CC.CCOC(=O)C(Cc1ccc(O)cc1)NC(=O)/C=C/c1ccc(O)c(C)c1. The lowest BCUT2D eigenvalue weighted by Crippen LogP contribution is -2.42. The minimum atomic E-state index is -0.840. The number of carbonyl (C=O) groups excluding carboxylic acids is 2. The smallest absolute Gasteiger partial charge is 0.328 e. The highest BCUT2D eigenvalue weighted by Gasteiger charge is 2.21. The van der Waals surface area contributed by atoms with Crippen molar-refractivity contribution < 1.29 is 24.5 Å². The highest BCUT2D eigenvalue weighted by Crippen LogP contribution is 2.17. The molecule has 1 unspecified atom stereocenters. The molecule has 0 spiro atoms. The normalized spacial score (nSPS) is 11.3. The Kier molecular flexibility index (Phi) is 10.0. The van der Waals surface area contributed by atoms with Crippen LogP contribution < -0.4 is 5.32 Å². The van der Waals surface area contributed by atoms with Crippen molar-refractivity contribution in [2.45, 2.75) is 40.2 Å². The summed E-state index contributed by atoms with van der Waals surface area (Å²) in [7, 11) is 0. The minimum Gasteiger partial charge on any atom is -0.508 e. The Morgan fingerprint density at radius 3 is 2.34 bits per heavy atom. The number of esters is 1. The molecule has 0 aliphatic carbocycles. The average Bonchev–Trinajstić information content (AvgIpc) is 2.71. The van der Waals surface area contributed by atoms with E-state index in [1.54, 1.807) is 50.3 Å². The lowest BCUT2D eigenvalue weighted by molar-refractivity contribution is -0.146. The van der Waals surface area contributed by atoms with Gasteiger partial charge in [0, 0.05) is 12.5 Å². The van der Waals surface area contributed by atoms with Gasteiger partial charge in [-0.2, -0.15) is 0 Å². The Hall–Kier alpha value is -3.28. The fourth-order valence-electron chi connectivity index (χ4n) is 2.48. The van der Waals surface area contributed by atoms with E-state index in [0.717, 1.165) is 11.1 Å². The molecule has 0 saturated heterocycles. The first-order valence-corrected chi connectivity index (χ1v) is 9.61. The zero-order chi connectivity index (χ0) is 21.8. The van der Waals surface area contributed by atoms with Crippen LogP contribution >= 0.6 is 0 Å². The fraction of sp³-hybridized carbons (Fsp3) is 0.304. The van der Waals surface area contributed by atoms with Gasteiger partial charge in [0.15, 0.2) is 0 Å². The van der Waals surface area contributed by atoms with Gasteiger partial charge in [-0.3, -0.25) is 4.79 Å². The molecular weight excluding hydrogens is 370 g/mol. The van der Waals surface area contributed by atoms with E-state index in [1.807, 2.05) is 13.8 Å². The molecule has 0 fully saturated rings. The van der Waals surface area contributed by atoms with Gasteiger partial charge in [-0.25, -0.2) is 4.79 Å². The number of hydrogen-bond donors (Lipinski definition) is 3. The first-order valence-electron chi connectivity index (χ1n) is 9.61. The summed E-state index contributed by atoms with van der Waals surface area (Å²) in [6.45, 7) is 7.68. The largest absolute Gasteiger partial charge is 0.508 e. The van der Waals surface area contributed by atoms with Gasteiger partial charge in [-0.1, -0.05) is 32.0 Å². The van der Waals surface area contributed by atoms with E-state index >= 15 is 0 Å². The summed E-state index contributed by atoms with van der Waals surface area (Å²) in [5, 5.41) is 21.5. The second kappa shape index (κ2) is 12.2. The van der Waals surface area contributed by atoms with Crippen LogP contribution in [-0.2, 0) is 20.7 Å². The first kappa shape index (κ1) is 23.8. The molecule has 2 rings (SSSR count). The molecule has 29 heavy (non-hydrogen) atoms. The zero-order valence-electron chi connectivity index (χ0n) is 17.3. The monoisotopic (exact) mass is 399 g/mol. The van der Waals surface area contributed by atoms with Gasteiger partial charge in [-0.15, -0.1) is 0 Å². The molecule has 0 radical (unpaired) electrons. The predicted molar refractivity (Wildman–Crippen MR) is 114 cm³/mol. The van der Waals surface area contributed by atoms with Gasteiger partial charge in [0.2, 0.25) is 5.91 Å². The van der Waals surface area contributed by atoms with E-state index in [4.69, 9.17) is 4.74 Å². The van der Waals surface area contributed by atoms with Crippen molar-refractivity contribution in [2.24, 2.45) is 0 Å². The molecule has 1 atom stereocenters. The maximum absolute atomic E-state index is 12.2. The van der Waals surface area contributed by atoms with Crippen LogP contribution in [0.2, 0.25) is 0 Å². The molecule has 2 aromatic carbocycles. The Morgan fingerprint density at radius 2 is 1.76 bits per heavy atom. The summed E-state index contributed by atoms with van der Waals surface area (Å²) in [6, 6.07) is 10.6. The summed E-state index contributed by atoms with van der Waals surface area (Å²) >= 11 is 0. The van der Waals surface area contributed by atoms with Crippen molar-refractivity contribution in [2.75, 3.05) is 6.61 Å². The molecule has 6 heteroatoms. The summed E-state index contributed by atoms with van der Waals surface area (Å²) in [5.74, 6) is -0.638. The van der Waals surface area contributed by atoms with E-state index in [0.29, 0.717) is 5.56 Å². The number of rotatable bonds is 7. The Labute approximate surface area is 171 Å². The number of carbonyl (C=O) groups is 2. The van der Waals surface area contributed by atoms with Gasteiger partial charge in [-0.05, 0) is 60.9 Å². The van der Waals surface area contributed by atoms with Crippen LogP contribution in [0.1, 0.15) is 37.5 Å². The third-order valence-corrected chi connectivity index (χ3v) is 3.91. The van der Waals surface area contributed by atoms with Crippen LogP contribution in [0, 0.1) is 6.92 Å². The molecule has 0 bridgehead atoms. The van der Waals surface area contributed by atoms with E-state index in [9.17, 15) is 19.8 Å². The van der Waals surface area contributed by atoms with Crippen LogP contribution in [0.4, 0.5) is 0 Å². The molecular formula is C23H29NO5. The van der Waals surface area contributed by atoms with E-state index in [2.05, 4.69) is 5.32 Å². The Morgan fingerprint density at radius 1 is 1.10 bits per heavy atom. The maximum Gasteiger partial charge on any atom is 0.328 e. The van der Waals surface area contributed by atoms with E-state index in [-0.39, 0.29) is 24.5 Å². The van der Waals surface area contributed by atoms with Crippen molar-refractivity contribution in [1.29, 1.82) is 0 Å². The molecule has 0 aliphatic heterocycles. The third-order valence-electron chi connectivity index (χ3n) is 3.91. The molecule has 0 heterocycles. The molecule has 156 valence electrons. The number of hydrogen-bond acceptors (Lipinski definition) is 5. The highest BCUT2D eigenvalue weighted by molar-refractivity contribution is 5.94. The summed E-state index contributed by atoms with van der Waals surface area (Å²) in [6.07, 6.45) is 3.18. The van der Waals surface area contributed by atoms with Gasteiger partial charge in [0.05, 0.1) is 6.61 Å². The average molecular weight is 399 g/mol. The lowest BCUT2D eigenvalue weighted by atomic mass is 10.1. The quantitative estimate of drug-likeness (QED) is 0.487. The molecule has 0 aromatic heterocycles. The number of amides is 1. The summed E-state index contributed by atoms with van der Waals surface area (Å²) in [4.78, 5) is 24.4. The van der Waals surface area contributed by atoms with Gasteiger partial charge in [0.1, 0.15) is 17.5 Å². The summed E-state index contributed by atoms with van der Waals surface area (Å²) in [5.41, 5.74) is 2.24. The van der Waals surface area contributed by atoms with Gasteiger partial charge in [0.25, 0.3) is 0 Å². The molecule has 0 saturated carbocycles. The van der Waals surface area contributed by atoms with Crippen LogP contribution in [-0.4, -0.2) is 34.7 Å². The zero-order valence-corrected chi connectivity index (χ0v) is 17.3. The van der Waals surface area contributed by atoms with E-state index < -0.39 is 17.9 Å². The lowest BCUT2D eigenvalue weighted by Gasteiger charge is -2.16. The van der Waals surface area contributed by atoms with Crippen LogP contribution in [0.25, 0.3) is 6.08 Å². The van der Waals surface area contributed by atoms with E-state index in [1.165, 1.54) is 18.2 Å². The molecule has 1 amide bonds. The Balaban J connectivity index is 0.00000204. The number of aromatic hydroxyl groups is 2. The highest BCUT2D eigenvalue weighted by atomic mass is 16.5. The number of phenols is 2. The summed E-state index contributed by atoms with van der Waals surface area (Å²) < 4.78 is 5.04. The fourth-order valence-corrected chi connectivity index (χ4v) is 2.48. The molecule has 2 aromatic rings. The van der Waals surface area contributed by atoms with Crippen LogP contribution in [0.15, 0.2) is 48.5 Å². The van der Waals surface area contributed by atoms with Crippen LogP contribution in [0.5, 0.6) is 11.5 Å².